The Labute approximate surface area is 462 Å². The molecule has 1 aliphatic rings. The molecule has 0 aliphatic carbocycles. The molecule has 5 aromatic carbocycles. The van der Waals surface area contributed by atoms with Gasteiger partial charge in [-0.05, 0) is 144 Å². The molecule has 7 rings (SSSR count). The molecule has 0 saturated carbocycles. The third-order valence-corrected chi connectivity index (χ3v) is 12.8. The molecule has 1 fully saturated rings. The molecule has 0 radical (unpaired) electrons. The fourth-order valence-electron chi connectivity index (χ4n) is 7.73. The molecular weight excluding hydrogens is 968 g/mol. The summed E-state index contributed by atoms with van der Waals surface area (Å²) >= 11 is 6.29. The van der Waals surface area contributed by atoms with Crippen molar-refractivity contribution in [2.45, 2.75) is 131 Å². The van der Waals surface area contributed by atoms with Crippen LogP contribution < -0.4 is 23.7 Å². The summed E-state index contributed by atoms with van der Waals surface area (Å²) in [5, 5.41) is 9.12. The summed E-state index contributed by atoms with van der Waals surface area (Å²) in [5.74, 6) is 7.71. The van der Waals surface area contributed by atoms with Gasteiger partial charge in [0.1, 0.15) is 46.7 Å². The zero-order valence-corrected chi connectivity index (χ0v) is 49.0. The molecule has 1 aromatic heterocycles. The van der Waals surface area contributed by atoms with Gasteiger partial charge in [0.25, 0.3) is 0 Å². The van der Waals surface area contributed by atoms with Crippen LogP contribution in [0.4, 0.5) is 0 Å². The van der Waals surface area contributed by atoms with Crippen molar-refractivity contribution in [3.63, 3.8) is 0 Å². The number of carbonyl (C=O) groups excluding carboxylic acids is 1. The number of nitriles is 1. The fourth-order valence-corrected chi connectivity index (χ4v) is 7.96. The Hall–Kier alpha value is -6.54. The van der Waals surface area contributed by atoms with Gasteiger partial charge in [-0.25, -0.2) is 0 Å². The van der Waals surface area contributed by atoms with Gasteiger partial charge in [0, 0.05) is 33.4 Å². The first kappa shape index (κ1) is 63.8. The van der Waals surface area contributed by atoms with Crippen molar-refractivity contribution in [3.8, 4) is 40.6 Å². The molecule has 0 N–H and O–H groups in total. The monoisotopic (exact) mass is 1050 g/mol. The van der Waals surface area contributed by atoms with Crippen LogP contribution in [0.3, 0.4) is 0 Å². The number of piperidine rings is 1. The van der Waals surface area contributed by atoms with Crippen molar-refractivity contribution in [2.24, 2.45) is 0 Å². The molecule has 0 bridgehead atoms. The molecule has 1 saturated heterocycles. The van der Waals surface area contributed by atoms with Crippen LogP contribution in [0.25, 0.3) is 0 Å². The van der Waals surface area contributed by atoms with Crippen molar-refractivity contribution in [2.75, 3.05) is 54.6 Å². The van der Waals surface area contributed by atoms with Gasteiger partial charge in [-0.2, -0.15) is 5.26 Å². The number of likely N-dealkylation sites (tertiary alicyclic amines) is 1. The zero-order valence-electron chi connectivity index (χ0n) is 48.2. The van der Waals surface area contributed by atoms with E-state index < -0.39 is 0 Å². The number of para-hydroxylation sites is 2. The number of nitrogens with zero attached hydrogens (tertiary/aromatic N) is 4. The molecule has 2 heterocycles. The second-order valence-corrected chi connectivity index (χ2v) is 21.0. The summed E-state index contributed by atoms with van der Waals surface area (Å²) in [5.41, 5.74) is 7.50. The number of methoxy groups -OCH3 is 1. The summed E-state index contributed by atoms with van der Waals surface area (Å²) < 4.78 is 27.8. The number of benzene rings is 5. The van der Waals surface area contributed by atoms with E-state index in [-0.39, 0.29) is 12.5 Å². The standard InChI is InChI=1S/C15H22ClNO.C14H21NO2.C14H15NO.C11H13NO.C11H16O/c1-11(2)12-4-5-15(14(16)10-12)18-13-6-8-17(3)9-7-13;1-11(2)12-5-7-13(8-6-12)17-10-9-14(16)15(3)4;1-11(2)13-7-3-4-8-14(13)16-12-6-5-9-15-10-12;1-9(2)10-5-3-4-6-11(10)13-8-7-12;1-8(2)10-5-6-11(12-4)9(3)7-10/h4-5,10-11,13H,6-9H2,1-3H3;5-8,11H,9-10H2,1-4H3;3-11H,1-2H3;3-6,9H,8H2,1-2H3;5-8H,1-4H3. The van der Waals surface area contributed by atoms with E-state index in [1.54, 1.807) is 38.5 Å². The van der Waals surface area contributed by atoms with Gasteiger partial charge in [-0.3, -0.25) is 9.78 Å². The van der Waals surface area contributed by atoms with E-state index in [0.29, 0.717) is 48.7 Å². The summed E-state index contributed by atoms with van der Waals surface area (Å²) in [6.07, 6.45) is 6.35. The van der Waals surface area contributed by atoms with E-state index in [2.05, 4.69) is 129 Å². The Kier molecular flexibility index (Phi) is 28.7. The minimum atomic E-state index is 0.0869. The van der Waals surface area contributed by atoms with Crippen LogP contribution in [0, 0.1) is 18.3 Å². The van der Waals surface area contributed by atoms with Gasteiger partial charge in [-0.15, -0.1) is 0 Å². The highest BCUT2D eigenvalue weighted by molar-refractivity contribution is 6.32. The average Bonchev–Trinajstić information content (AvgIpc) is 3.40. The number of aryl methyl sites for hydroxylation is 1. The molecule has 10 nitrogen and oxygen atoms in total. The van der Waals surface area contributed by atoms with Crippen LogP contribution in [0.5, 0.6) is 34.5 Å². The van der Waals surface area contributed by atoms with Gasteiger partial charge < -0.3 is 33.5 Å². The topological polar surface area (TPSA) is 106 Å². The molecule has 6 aromatic rings. The molecule has 0 unspecified atom stereocenters. The number of carbonyl (C=O) groups is 1. The molecule has 1 amide bonds. The van der Waals surface area contributed by atoms with Crippen molar-refractivity contribution in [1.82, 2.24) is 14.8 Å². The van der Waals surface area contributed by atoms with Crippen molar-refractivity contribution >= 4 is 17.5 Å². The molecule has 410 valence electrons. The summed E-state index contributed by atoms with van der Waals surface area (Å²) in [7, 11) is 7.36. The van der Waals surface area contributed by atoms with Crippen LogP contribution in [0.15, 0.2) is 134 Å². The normalized spacial score (nSPS) is 12.2. The van der Waals surface area contributed by atoms with Crippen LogP contribution >= 0.6 is 11.6 Å². The number of hydrogen-bond acceptors (Lipinski definition) is 9. The lowest BCUT2D eigenvalue weighted by Crippen LogP contribution is -2.35. The van der Waals surface area contributed by atoms with Gasteiger partial charge in [0.2, 0.25) is 5.91 Å². The molecular formula is C65H87ClN4O6. The van der Waals surface area contributed by atoms with E-state index in [4.69, 9.17) is 40.5 Å². The number of aromatic nitrogens is 1. The van der Waals surface area contributed by atoms with Crippen molar-refractivity contribution in [3.05, 3.63) is 172 Å². The Morgan fingerprint density at radius 1 is 0.671 bits per heavy atom. The maximum absolute atomic E-state index is 11.3. The third kappa shape index (κ3) is 23.1. The predicted octanol–water partition coefficient (Wildman–Crippen LogP) is 16.4. The lowest BCUT2D eigenvalue weighted by Gasteiger charge is -2.29. The molecule has 0 spiro atoms. The average molecular weight is 1060 g/mol. The smallest absolute Gasteiger partial charge is 0.225 e. The Morgan fingerprint density at radius 2 is 1.21 bits per heavy atom. The zero-order chi connectivity index (χ0) is 56.2. The fraction of sp³-hybridized carbons (Fsp3) is 0.431. The Morgan fingerprint density at radius 3 is 1.71 bits per heavy atom. The predicted molar refractivity (Wildman–Crippen MR) is 314 cm³/mol. The summed E-state index contributed by atoms with van der Waals surface area (Å²) in [4.78, 5) is 19.3. The van der Waals surface area contributed by atoms with E-state index >= 15 is 0 Å². The third-order valence-electron chi connectivity index (χ3n) is 12.5. The highest BCUT2D eigenvalue weighted by Gasteiger charge is 2.19. The van der Waals surface area contributed by atoms with E-state index in [9.17, 15) is 4.79 Å². The van der Waals surface area contributed by atoms with Crippen LogP contribution in [-0.2, 0) is 4.79 Å². The van der Waals surface area contributed by atoms with Gasteiger partial charge >= 0.3 is 0 Å². The van der Waals surface area contributed by atoms with Gasteiger partial charge in [-0.1, -0.05) is 148 Å². The second kappa shape index (κ2) is 34.2. The summed E-state index contributed by atoms with van der Waals surface area (Å²) in [6, 6.07) is 42.2. The van der Waals surface area contributed by atoms with Crippen molar-refractivity contribution in [1.29, 1.82) is 5.26 Å². The Bertz CT molecular complexity index is 2620. The van der Waals surface area contributed by atoms with Crippen LogP contribution in [-0.4, -0.2) is 81.4 Å². The first-order valence-corrected chi connectivity index (χ1v) is 27.1. The highest BCUT2D eigenvalue weighted by atomic mass is 35.5. The minimum absolute atomic E-state index is 0.0869. The quantitative estimate of drug-likeness (QED) is 0.0937. The largest absolute Gasteiger partial charge is 0.496 e. The lowest BCUT2D eigenvalue weighted by atomic mass is 10.0. The van der Waals surface area contributed by atoms with Crippen LogP contribution in [0.2, 0.25) is 5.02 Å². The SMILES string of the molecule is CC(C)c1ccc(OC2CCN(C)CC2)c(Cl)c1.CC(C)c1ccc(OCCC(=O)N(C)C)cc1.CC(C)c1ccccc1OCC#N.CC(C)c1ccccc1Oc1cccnc1.COc1ccc(C(C)C)cc1C. The van der Waals surface area contributed by atoms with E-state index in [1.807, 2.05) is 91.0 Å². The maximum atomic E-state index is 11.3. The molecule has 76 heavy (non-hydrogen) atoms. The number of amides is 1. The Balaban J connectivity index is 0.000000252. The number of rotatable bonds is 16. The first-order chi connectivity index (χ1) is 36.2. The van der Waals surface area contributed by atoms with Gasteiger partial charge in [0.05, 0.1) is 31.4 Å². The number of hydrogen-bond donors (Lipinski definition) is 0. The molecule has 1 aliphatic heterocycles. The van der Waals surface area contributed by atoms with Gasteiger partial charge in [0.15, 0.2) is 6.61 Å². The molecule has 0 atom stereocenters. The lowest BCUT2D eigenvalue weighted by molar-refractivity contribution is -0.129. The maximum Gasteiger partial charge on any atom is 0.225 e. The molecule has 11 heteroatoms. The van der Waals surface area contributed by atoms with E-state index in [0.717, 1.165) is 71.0 Å². The van der Waals surface area contributed by atoms with E-state index in [1.165, 1.54) is 27.8 Å². The first-order valence-electron chi connectivity index (χ1n) is 26.7. The van der Waals surface area contributed by atoms with Crippen LogP contribution in [0.1, 0.15) is 151 Å². The second-order valence-electron chi connectivity index (χ2n) is 20.6. The number of ether oxygens (including phenoxy) is 5. The minimum Gasteiger partial charge on any atom is -0.496 e. The highest BCUT2D eigenvalue weighted by Crippen LogP contribution is 2.32. The number of pyridine rings is 1. The van der Waals surface area contributed by atoms with Crippen molar-refractivity contribution < 1.29 is 28.5 Å². The summed E-state index contributed by atoms with van der Waals surface area (Å²) in [6.45, 7) is 26.4. The number of halogens is 1.